The molecule has 0 bridgehead atoms. The van der Waals surface area contributed by atoms with Crippen LogP contribution in [0.5, 0.6) is 0 Å². The van der Waals surface area contributed by atoms with Gasteiger partial charge in [-0.3, -0.25) is 4.90 Å². The van der Waals surface area contributed by atoms with Crippen molar-refractivity contribution in [2.24, 2.45) is 11.8 Å². The van der Waals surface area contributed by atoms with Crippen molar-refractivity contribution >= 4 is 0 Å². The Morgan fingerprint density at radius 2 is 1.09 bits per heavy atom. The van der Waals surface area contributed by atoms with Crippen molar-refractivity contribution in [3.05, 3.63) is 71.8 Å². The van der Waals surface area contributed by atoms with Crippen molar-refractivity contribution in [2.45, 2.75) is 32.0 Å². The molecule has 0 radical (unpaired) electrons. The number of aliphatic hydroxyl groups excluding tert-OH is 1. The molecule has 3 rings (SSSR count). The fourth-order valence-corrected chi connectivity index (χ4v) is 4.15. The summed E-state index contributed by atoms with van der Waals surface area (Å²) >= 11 is 0. The van der Waals surface area contributed by atoms with Crippen molar-refractivity contribution in [2.75, 3.05) is 7.05 Å². The Morgan fingerprint density at radius 3 is 1.45 bits per heavy atom. The van der Waals surface area contributed by atoms with Crippen LogP contribution in [-0.4, -0.2) is 23.2 Å². The Kier molecular flexibility index (Phi) is 4.32. The lowest BCUT2D eigenvalue weighted by atomic mass is 9.74. The summed E-state index contributed by atoms with van der Waals surface area (Å²) in [6.07, 6.45) is -0.299. The summed E-state index contributed by atoms with van der Waals surface area (Å²) in [5.74, 6) is 0.421. The van der Waals surface area contributed by atoms with E-state index in [-0.39, 0.29) is 30.0 Å². The molecule has 0 spiro atoms. The molecule has 1 fully saturated rings. The van der Waals surface area contributed by atoms with E-state index >= 15 is 0 Å². The van der Waals surface area contributed by atoms with Crippen LogP contribution in [0.15, 0.2) is 60.7 Å². The van der Waals surface area contributed by atoms with Crippen LogP contribution in [0.2, 0.25) is 0 Å². The van der Waals surface area contributed by atoms with Gasteiger partial charge in [-0.05, 0) is 18.2 Å². The molecule has 2 aromatic carbocycles. The summed E-state index contributed by atoms with van der Waals surface area (Å²) in [7, 11) is 2.19. The zero-order chi connectivity index (χ0) is 15.7. The van der Waals surface area contributed by atoms with E-state index in [4.69, 9.17) is 0 Å². The average molecular weight is 295 g/mol. The van der Waals surface area contributed by atoms with Gasteiger partial charge in [0.05, 0.1) is 6.10 Å². The van der Waals surface area contributed by atoms with Gasteiger partial charge >= 0.3 is 0 Å². The first-order valence-corrected chi connectivity index (χ1v) is 8.11. The summed E-state index contributed by atoms with van der Waals surface area (Å²) in [6, 6.07) is 21.6. The molecule has 5 atom stereocenters. The summed E-state index contributed by atoms with van der Waals surface area (Å²) in [6.45, 7) is 4.33. The van der Waals surface area contributed by atoms with E-state index in [9.17, 15) is 5.11 Å². The minimum Gasteiger partial charge on any atom is -0.392 e. The molecule has 0 saturated carbocycles. The number of nitrogens with zero attached hydrogens (tertiary/aromatic N) is 1. The van der Waals surface area contributed by atoms with Gasteiger partial charge in [0, 0.05) is 23.9 Å². The van der Waals surface area contributed by atoms with Gasteiger partial charge in [-0.2, -0.15) is 0 Å². The van der Waals surface area contributed by atoms with Crippen LogP contribution in [0.4, 0.5) is 0 Å². The van der Waals surface area contributed by atoms with Crippen LogP contribution < -0.4 is 0 Å². The fourth-order valence-electron chi connectivity index (χ4n) is 4.15. The lowest BCUT2D eigenvalue weighted by molar-refractivity contribution is -0.0748. The Bertz CT molecular complexity index is 544. The first-order chi connectivity index (χ1) is 10.6. The number of piperidine rings is 1. The second-order valence-electron chi connectivity index (χ2n) is 6.59. The molecular formula is C20H25NO. The summed E-state index contributed by atoms with van der Waals surface area (Å²) in [4.78, 5) is 2.44. The third-order valence-electron chi connectivity index (χ3n) is 5.23. The summed E-state index contributed by atoms with van der Waals surface area (Å²) < 4.78 is 0. The normalized spacial score (nSPS) is 32.8. The molecule has 2 heteroatoms. The Balaban J connectivity index is 2.01. The average Bonchev–Trinajstić information content (AvgIpc) is 2.55. The zero-order valence-corrected chi connectivity index (χ0v) is 13.6. The van der Waals surface area contributed by atoms with E-state index < -0.39 is 0 Å². The van der Waals surface area contributed by atoms with Crippen LogP contribution in [-0.2, 0) is 0 Å². The Hall–Kier alpha value is -1.64. The molecule has 2 aromatic rings. The third-order valence-corrected chi connectivity index (χ3v) is 5.23. The molecule has 0 aromatic heterocycles. The maximum Gasteiger partial charge on any atom is 0.0627 e. The first kappa shape index (κ1) is 15.3. The highest BCUT2D eigenvalue weighted by molar-refractivity contribution is 5.26. The van der Waals surface area contributed by atoms with E-state index in [2.05, 4.69) is 74.3 Å². The molecule has 22 heavy (non-hydrogen) atoms. The summed E-state index contributed by atoms with van der Waals surface area (Å²) in [5.41, 5.74) is 2.56. The van der Waals surface area contributed by atoms with Crippen molar-refractivity contribution in [1.29, 1.82) is 0 Å². The molecule has 2 nitrogen and oxygen atoms in total. The highest BCUT2D eigenvalue weighted by Gasteiger charge is 2.44. The van der Waals surface area contributed by atoms with Crippen LogP contribution in [0, 0.1) is 11.8 Å². The van der Waals surface area contributed by atoms with Gasteiger partial charge in [0.2, 0.25) is 0 Å². The number of aliphatic hydroxyl groups is 1. The van der Waals surface area contributed by atoms with E-state index in [1.54, 1.807) is 0 Å². The third kappa shape index (κ3) is 2.57. The minimum absolute atomic E-state index is 0.211. The van der Waals surface area contributed by atoms with Gasteiger partial charge in [0.1, 0.15) is 0 Å². The maximum absolute atomic E-state index is 10.8. The minimum atomic E-state index is -0.299. The zero-order valence-electron chi connectivity index (χ0n) is 13.6. The monoisotopic (exact) mass is 295 g/mol. The molecule has 1 unspecified atom stereocenters. The maximum atomic E-state index is 10.8. The number of benzene rings is 2. The molecule has 0 amide bonds. The van der Waals surface area contributed by atoms with Crippen LogP contribution >= 0.6 is 0 Å². The number of hydrogen-bond donors (Lipinski definition) is 1. The highest BCUT2D eigenvalue weighted by Crippen LogP contribution is 2.46. The van der Waals surface area contributed by atoms with Crippen molar-refractivity contribution in [3.63, 3.8) is 0 Å². The molecule has 1 saturated heterocycles. The molecule has 1 heterocycles. The van der Waals surface area contributed by atoms with Gasteiger partial charge in [0.25, 0.3) is 0 Å². The van der Waals surface area contributed by atoms with E-state index in [0.29, 0.717) is 0 Å². The molecule has 1 aliphatic heterocycles. The molecule has 1 N–H and O–H groups in total. The van der Waals surface area contributed by atoms with Crippen LogP contribution in [0.3, 0.4) is 0 Å². The van der Waals surface area contributed by atoms with Gasteiger partial charge < -0.3 is 5.11 Å². The van der Waals surface area contributed by atoms with Gasteiger partial charge in [-0.25, -0.2) is 0 Å². The SMILES string of the molecule is C[C@@H]1C(O)[C@H](C)[C@H](c2ccccc2)N(C)[C@H]1c1ccccc1. The number of rotatable bonds is 2. The predicted octanol–water partition coefficient (Wildman–Crippen LogP) is 4.05. The highest BCUT2D eigenvalue weighted by atomic mass is 16.3. The first-order valence-electron chi connectivity index (χ1n) is 8.11. The van der Waals surface area contributed by atoms with Gasteiger partial charge in [-0.15, -0.1) is 0 Å². The van der Waals surface area contributed by atoms with E-state index in [0.717, 1.165) is 0 Å². The van der Waals surface area contributed by atoms with Crippen LogP contribution in [0.1, 0.15) is 37.1 Å². The molecule has 0 aliphatic carbocycles. The van der Waals surface area contributed by atoms with Crippen molar-refractivity contribution < 1.29 is 5.11 Å². The standard InChI is InChI=1S/C20H25NO/c1-14-18(16-10-6-4-7-11-16)21(3)19(15(2)20(14)22)17-12-8-5-9-13-17/h4-15,18-20,22H,1-3H3/t14-,15+,18-,19-,20?/m1/s1. The molecule has 1 aliphatic rings. The number of likely N-dealkylation sites (tertiary alicyclic amines) is 1. The Labute approximate surface area is 133 Å². The largest absolute Gasteiger partial charge is 0.392 e. The lowest BCUT2D eigenvalue weighted by Crippen LogP contribution is -2.49. The second kappa shape index (κ2) is 6.23. The lowest BCUT2D eigenvalue weighted by Gasteiger charge is -2.50. The fraction of sp³-hybridized carbons (Fsp3) is 0.400. The van der Waals surface area contributed by atoms with Crippen LogP contribution in [0.25, 0.3) is 0 Å². The van der Waals surface area contributed by atoms with Crippen molar-refractivity contribution in [3.8, 4) is 0 Å². The van der Waals surface area contributed by atoms with E-state index in [1.165, 1.54) is 11.1 Å². The van der Waals surface area contributed by atoms with E-state index in [1.807, 2.05) is 12.1 Å². The topological polar surface area (TPSA) is 23.5 Å². The van der Waals surface area contributed by atoms with Gasteiger partial charge in [0.15, 0.2) is 0 Å². The molecular weight excluding hydrogens is 270 g/mol. The smallest absolute Gasteiger partial charge is 0.0627 e. The van der Waals surface area contributed by atoms with Gasteiger partial charge in [-0.1, -0.05) is 74.5 Å². The summed E-state index contributed by atoms with van der Waals surface area (Å²) in [5, 5.41) is 10.8. The Morgan fingerprint density at radius 1 is 0.727 bits per heavy atom. The second-order valence-corrected chi connectivity index (χ2v) is 6.59. The van der Waals surface area contributed by atoms with Crippen molar-refractivity contribution in [1.82, 2.24) is 4.90 Å². The predicted molar refractivity (Wildman–Crippen MR) is 90.5 cm³/mol. The quantitative estimate of drug-likeness (QED) is 0.903. The molecule has 116 valence electrons. The number of hydrogen-bond acceptors (Lipinski definition) is 2.